The normalized spacial score (nSPS) is 21.3. The van der Waals surface area contributed by atoms with E-state index in [1.54, 1.807) is 15.1 Å². The highest BCUT2D eigenvalue weighted by Gasteiger charge is 2.36. The molecule has 0 unspecified atom stereocenters. The summed E-state index contributed by atoms with van der Waals surface area (Å²) in [5.41, 5.74) is 3.67. The number of aromatic nitrogens is 3. The first-order valence-electron chi connectivity index (χ1n) is 7.16. The third-order valence-electron chi connectivity index (χ3n) is 4.02. The van der Waals surface area contributed by atoms with E-state index in [1.807, 2.05) is 24.8 Å². The molecule has 118 valence electrons. The molecule has 3 heterocycles. The van der Waals surface area contributed by atoms with E-state index >= 15 is 0 Å². The number of aliphatic hydroxyl groups excluding tert-OH is 1. The Bertz CT molecular complexity index is 627. The molecule has 2 amide bonds. The molecule has 1 saturated heterocycles. The fourth-order valence-electron chi connectivity index (χ4n) is 2.83. The Morgan fingerprint density at radius 1 is 1.55 bits per heavy atom. The molecule has 0 aliphatic carbocycles. The maximum absolute atomic E-state index is 12.3. The number of nitrogens with zero attached hydrogens (tertiary/aromatic N) is 4. The van der Waals surface area contributed by atoms with Crippen LogP contribution in [0.15, 0.2) is 23.3 Å². The topological polar surface area (TPSA) is 83.3 Å². The van der Waals surface area contributed by atoms with Gasteiger partial charge in [-0.15, -0.1) is 11.3 Å². The number of aryl methyl sites for hydroxylation is 1. The molecular formula is C14H19N5O2S. The molecule has 2 aromatic rings. The molecule has 8 heteroatoms. The molecule has 22 heavy (non-hydrogen) atoms. The summed E-state index contributed by atoms with van der Waals surface area (Å²) < 4.78 is 1.74. The maximum Gasteiger partial charge on any atom is 0.317 e. The lowest BCUT2D eigenvalue weighted by molar-refractivity contribution is 0.197. The van der Waals surface area contributed by atoms with Crippen molar-refractivity contribution >= 4 is 17.4 Å². The molecule has 0 aromatic carbocycles. The largest absolute Gasteiger partial charge is 0.396 e. The van der Waals surface area contributed by atoms with Gasteiger partial charge in [-0.05, 0) is 5.56 Å². The van der Waals surface area contributed by atoms with E-state index in [1.165, 1.54) is 11.3 Å². The van der Waals surface area contributed by atoms with Gasteiger partial charge in [-0.25, -0.2) is 9.78 Å². The number of aliphatic hydroxyl groups is 1. The highest BCUT2D eigenvalue weighted by molar-refractivity contribution is 7.07. The molecule has 0 bridgehead atoms. The minimum atomic E-state index is -0.113. The van der Waals surface area contributed by atoms with Gasteiger partial charge in [0.1, 0.15) is 0 Å². The average Bonchev–Trinajstić information content (AvgIpc) is 3.24. The molecule has 0 spiro atoms. The van der Waals surface area contributed by atoms with Gasteiger partial charge in [-0.3, -0.25) is 4.68 Å². The highest BCUT2D eigenvalue weighted by atomic mass is 32.1. The molecule has 7 nitrogen and oxygen atoms in total. The molecule has 1 aliphatic rings. The number of nitrogens with one attached hydrogen (secondary N) is 1. The van der Waals surface area contributed by atoms with Crippen molar-refractivity contribution in [2.45, 2.75) is 12.5 Å². The lowest BCUT2D eigenvalue weighted by atomic mass is 9.92. The summed E-state index contributed by atoms with van der Waals surface area (Å²) in [5.74, 6) is 0.179. The van der Waals surface area contributed by atoms with Gasteiger partial charge in [0.2, 0.25) is 0 Å². The number of thiazole rings is 1. The maximum atomic E-state index is 12.3. The summed E-state index contributed by atoms with van der Waals surface area (Å²) in [4.78, 5) is 18.2. The number of hydrogen-bond acceptors (Lipinski definition) is 5. The first-order chi connectivity index (χ1) is 10.7. The van der Waals surface area contributed by atoms with Crippen LogP contribution in [0.3, 0.4) is 0 Å². The molecule has 3 rings (SSSR count). The van der Waals surface area contributed by atoms with Gasteiger partial charge in [0.05, 0.1) is 23.9 Å². The van der Waals surface area contributed by atoms with Crippen LogP contribution in [0, 0.1) is 5.92 Å². The van der Waals surface area contributed by atoms with Crippen LogP contribution in [0.5, 0.6) is 0 Å². The van der Waals surface area contributed by atoms with Crippen LogP contribution in [-0.4, -0.2) is 50.5 Å². The van der Waals surface area contributed by atoms with Crippen LogP contribution in [0.1, 0.15) is 17.2 Å². The monoisotopic (exact) mass is 321 g/mol. The van der Waals surface area contributed by atoms with Crippen molar-refractivity contribution in [1.29, 1.82) is 0 Å². The Kier molecular flexibility index (Phi) is 4.39. The van der Waals surface area contributed by atoms with Gasteiger partial charge in [-0.2, -0.15) is 5.10 Å². The third-order valence-corrected chi connectivity index (χ3v) is 4.66. The summed E-state index contributed by atoms with van der Waals surface area (Å²) in [5, 5.41) is 18.6. The molecule has 1 fully saturated rings. The Balaban J connectivity index is 1.62. The van der Waals surface area contributed by atoms with E-state index in [4.69, 9.17) is 0 Å². The van der Waals surface area contributed by atoms with E-state index in [2.05, 4.69) is 15.4 Å². The SMILES string of the molecule is Cn1cc([C@@H]2CN(C(=O)NCc3cscn3)C[C@H]2CO)cn1. The minimum absolute atomic E-state index is 0.0502. The summed E-state index contributed by atoms with van der Waals surface area (Å²) in [6, 6.07) is -0.113. The van der Waals surface area contributed by atoms with Crippen LogP contribution in [0.2, 0.25) is 0 Å². The molecule has 1 aliphatic heterocycles. The fraction of sp³-hybridized carbons (Fsp3) is 0.500. The van der Waals surface area contributed by atoms with E-state index in [0.717, 1.165) is 11.3 Å². The van der Waals surface area contributed by atoms with Crippen molar-refractivity contribution in [2.24, 2.45) is 13.0 Å². The van der Waals surface area contributed by atoms with Gasteiger partial charge in [0.15, 0.2) is 0 Å². The van der Waals surface area contributed by atoms with Crippen LogP contribution < -0.4 is 5.32 Å². The second kappa shape index (κ2) is 6.45. The smallest absolute Gasteiger partial charge is 0.317 e. The lowest BCUT2D eigenvalue weighted by Gasteiger charge is -2.16. The van der Waals surface area contributed by atoms with E-state index in [0.29, 0.717) is 19.6 Å². The number of rotatable bonds is 4. The minimum Gasteiger partial charge on any atom is -0.396 e. The molecule has 2 aromatic heterocycles. The second-order valence-corrected chi connectivity index (χ2v) is 6.26. The number of urea groups is 1. The van der Waals surface area contributed by atoms with Crippen molar-refractivity contribution in [3.8, 4) is 0 Å². The summed E-state index contributed by atoms with van der Waals surface area (Å²) in [6.45, 7) is 1.65. The van der Waals surface area contributed by atoms with E-state index in [9.17, 15) is 9.90 Å². The van der Waals surface area contributed by atoms with Gasteiger partial charge in [0, 0.05) is 50.2 Å². The number of hydrogen-bond donors (Lipinski definition) is 2. The van der Waals surface area contributed by atoms with Gasteiger partial charge in [0.25, 0.3) is 0 Å². The molecule has 0 saturated carbocycles. The Labute approximate surface area is 132 Å². The van der Waals surface area contributed by atoms with Crippen LogP contribution in [0.4, 0.5) is 4.79 Å². The predicted octanol–water partition coefficient (Wildman–Crippen LogP) is 0.794. The molecule has 2 N–H and O–H groups in total. The van der Waals surface area contributed by atoms with Crippen LogP contribution in [-0.2, 0) is 13.6 Å². The third kappa shape index (κ3) is 3.12. The standard InChI is InChI=1S/C14H19N5O2S/c1-18-4-10(2-17-18)13-6-19(5-11(13)7-20)14(21)15-3-12-8-22-9-16-12/h2,4,8-9,11,13,20H,3,5-7H2,1H3,(H,15,21)/t11-,13-/m0/s1. The quantitative estimate of drug-likeness (QED) is 0.872. The number of carbonyl (C=O) groups excluding carboxylic acids is 1. The number of carbonyl (C=O) groups is 1. The molecule has 2 atom stereocenters. The van der Waals surface area contributed by atoms with Crippen LogP contribution >= 0.6 is 11.3 Å². The van der Waals surface area contributed by atoms with Gasteiger partial charge in [-0.1, -0.05) is 0 Å². The zero-order chi connectivity index (χ0) is 15.5. The van der Waals surface area contributed by atoms with Crippen molar-refractivity contribution in [3.05, 3.63) is 34.5 Å². The zero-order valence-corrected chi connectivity index (χ0v) is 13.2. The summed E-state index contributed by atoms with van der Waals surface area (Å²) in [7, 11) is 1.87. The van der Waals surface area contributed by atoms with E-state index < -0.39 is 0 Å². The molecule has 0 radical (unpaired) electrons. The Morgan fingerprint density at radius 2 is 2.41 bits per heavy atom. The van der Waals surface area contributed by atoms with Crippen molar-refractivity contribution in [3.63, 3.8) is 0 Å². The first-order valence-corrected chi connectivity index (χ1v) is 8.11. The predicted molar refractivity (Wildman–Crippen MR) is 82.4 cm³/mol. The van der Waals surface area contributed by atoms with Gasteiger partial charge < -0.3 is 15.3 Å². The van der Waals surface area contributed by atoms with Crippen molar-refractivity contribution < 1.29 is 9.90 Å². The Hall–Kier alpha value is -1.93. The van der Waals surface area contributed by atoms with Crippen molar-refractivity contribution in [1.82, 2.24) is 25.0 Å². The zero-order valence-electron chi connectivity index (χ0n) is 12.3. The number of amides is 2. The Morgan fingerprint density at radius 3 is 3.05 bits per heavy atom. The van der Waals surface area contributed by atoms with Gasteiger partial charge >= 0.3 is 6.03 Å². The first kappa shape index (κ1) is 15.0. The highest BCUT2D eigenvalue weighted by Crippen LogP contribution is 2.32. The average molecular weight is 321 g/mol. The van der Waals surface area contributed by atoms with Crippen molar-refractivity contribution in [2.75, 3.05) is 19.7 Å². The van der Waals surface area contributed by atoms with Crippen LogP contribution in [0.25, 0.3) is 0 Å². The summed E-state index contributed by atoms with van der Waals surface area (Å²) >= 11 is 1.51. The number of likely N-dealkylation sites (tertiary alicyclic amines) is 1. The second-order valence-electron chi connectivity index (χ2n) is 5.54. The molecular weight excluding hydrogens is 302 g/mol. The van der Waals surface area contributed by atoms with E-state index in [-0.39, 0.29) is 24.5 Å². The fourth-order valence-corrected chi connectivity index (χ4v) is 3.39. The lowest BCUT2D eigenvalue weighted by Crippen LogP contribution is -2.38. The summed E-state index contributed by atoms with van der Waals surface area (Å²) in [6.07, 6.45) is 3.76.